The maximum absolute atomic E-state index is 16.3. The molecule has 0 aromatic heterocycles. The minimum atomic E-state index is -3.56. The molecule has 0 bridgehead atoms. The van der Waals surface area contributed by atoms with Crippen molar-refractivity contribution in [3.05, 3.63) is 156 Å². The van der Waals surface area contributed by atoms with Crippen molar-refractivity contribution in [2.24, 2.45) is 5.92 Å². The predicted octanol–water partition coefficient (Wildman–Crippen LogP) is 9.70. The summed E-state index contributed by atoms with van der Waals surface area (Å²) in [6.07, 6.45) is 1.62. The van der Waals surface area contributed by atoms with E-state index in [0.29, 0.717) is 0 Å². The van der Waals surface area contributed by atoms with Crippen LogP contribution in [0.4, 0.5) is 0 Å². The van der Waals surface area contributed by atoms with Gasteiger partial charge in [0.1, 0.15) is 11.6 Å². The molecule has 5 heteroatoms. The summed E-state index contributed by atoms with van der Waals surface area (Å²) < 4.78 is 25.8. The maximum atomic E-state index is 16.3. The quantitative estimate of drug-likeness (QED) is 0.0856. The first-order valence-corrected chi connectivity index (χ1v) is 19.8. The van der Waals surface area contributed by atoms with E-state index in [1.807, 2.05) is 42.5 Å². The fourth-order valence-electron chi connectivity index (χ4n) is 7.02. The van der Waals surface area contributed by atoms with Crippen molar-refractivity contribution >= 4 is 15.6 Å². The van der Waals surface area contributed by atoms with Crippen LogP contribution < -0.4 is 0 Å². The van der Waals surface area contributed by atoms with Gasteiger partial charge >= 0.3 is 0 Å². The monoisotopic (exact) mass is 579 g/mol. The molecule has 0 radical (unpaired) electrons. The van der Waals surface area contributed by atoms with Crippen molar-refractivity contribution in [1.82, 2.24) is 4.67 Å². The van der Waals surface area contributed by atoms with Gasteiger partial charge in [-0.15, -0.1) is 6.58 Å². The van der Waals surface area contributed by atoms with Crippen molar-refractivity contribution in [3.63, 3.8) is 0 Å². The smallest absolute Gasteiger partial charge is 0.275 e. The SMILES string of the molecule is C=C[C@H](C)C([Si](C)(C)C)P1(=O)O[C@H](c2ccccc2)[C@H](C)N1C(c1ccccc1)(c1ccccc1)c1ccccc1. The van der Waals surface area contributed by atoms with Crippen molar-refractivity contribution < 1.29 is 9.09 Å². The number of nitrogens with zero attached hydrogens (tertiary/aromatic N) is 1. The zero-order valence-electron chi connectivity index (χ0n) is 24.9. The summed E-state index contributed by atoms with van der Waals surface area (Å²) in [6.45, 7) is 15.5. The highest BCUT2D eigenvalue weighted by Crippen LogP contribution is 2.73. The van der Waals surface area contributed by atoms with Crippen LogP contribution in [0.5, 0.6) is 0 Å². The van der Waals surface area contributed by atoms with Gasteiger partial charge in [-0.3, -0.25) is 4.57 Å². The van der Waals surface area contributed by atoms with Crippen molar-refractivity contribution in [3.8, 4) is 0 Å². The molecule has 5 rings (SSSR count). The zero-order chi connectivity index (χ0) is 29.3. The number of benzene rings is 4. The fraction of sp³-hybridized carbons (Fsp3) is 0.278. The van der Waals surface area contributed by atoms with Crippen LogP contribution in [0, 0.1) is 5.92 Å². The Hall–Kier alpha value is -3.01. The Morgan fingerprint density at radius 2 is 1.17 bits per heavy atom. The van der Waals surface area contributed by atoms with Gasteiger partial charge in [-0.2, -0.15) is 0 Å². The van der Waals surface area contributed by atoms with Crippen LogP contribution in [0.1, 0.15) is 42.2 Å². The third-order valence-corrected chi connectivity index (χ3v) is 17.1. The average Bonchev–Trinajstić information content (AvgIpc) is 3.25. The van der Waals surface area contributed by atoms with Gasteiger partial charge in [0.25, 0.3) is 7.52 Å². The van der Waals surface area contributed by atoms with Crippen LogP contribution in [0.3, 0.4) is 0 Å². The normalized spacial score (nSPS) is 23.1. The molecule has 0 N–H and O–H groups in total. The minimum Gasteiger partial charge on any atom is -0.307 e. The molecule has 1 saturated heterocycles. The number of rotatable bonds is 9. The molecule has 4 aromatic carbocycles. The molecule has 4 aromatic rings. The van der Waals surface area contributed by atoms with Gasteiger partial charge in [0, 0.05) is 11.3 Å². The second kappa shape index (κ2) is 11.7. The molecule has 41 heavy (non-hydrogen) atoms. The predicted molar refractivity (Wildman–Crippen MR) is 175 cm³/mol. The third kappa shape index (κ3) is 5.13. The van der Waals surface area contributed by atoms with E-state index in [4.69, 9.17) is 4.52 Å². The first kappa shape index (κ1) is 29.5. The highest BCUT2D eigenvalue weighted by molar-refractivity contribution is 7.60. The Balaban J connectivity index is 1.92. The van der Waals surface area contributed by atoms with Crippen LogP contribution in [-0.2, 0) is 14.6 Å². The zero-order valence-corrected chi connectivity index (χ0v) is 26.7. The standard InChI is InChI=1S/C36H42NO2PSi/c1-7-28(2)35(41(4,5)6)40(38)37(29(3)34(39-40)30-20-12-8-13-21-30)36(31-22-14-9-15-23-31,32-24-16-10-17-25-32)33-26-18-11-19-27-33/h7-29,34-35H,1H2,2-6H3/t28-,29-,34-,35?,40?/m0/s1. The summed E-state index contributed by atoms with van der Waals surface area (Å²) >= 11 is 0. The van der Waals surface area contributed by atoms with Crippen LogP contribution >= 0.6 is 7.52 Å². The fourth-order valence-corrected chi connectivity index (χ4v) is 16.4. The second-order valence-electron chi connectivity index (χ2n) is 12.3. The van der Waals surface area contributed by atoms with Gasteiger partial charge in [-0.05, 0) is 35.1 Å². The van der Waals surface area contributed by atoms with Crippen molar-refractivity contribution in [2.75, 3.05) is 0 Å². The lowest BCUT2D eigenvalue weighted by Crippen LogP contribution is -2.53. The van der Waals surface area contributed by atoms with Gasteiger partial charge in [-0.1, -0.05) is 154 Å². The summed E-state index contributed by atoms with van der Waals surface area (Å²) in [5.41, 5.74) is 3.40. The molecular weight excluding hydrogens is 537 g/mol. The lowest BCUT2D eigenvalue weighted by Gasteiger charge is -2.50. The summed E-state index contributed by atoms with van der Waals surface area (Å²) in [5, 5.41) is -0.167. The molecular formula is C36H42NO2PSi. The molecule has 5 atom stereocenters. The number of allylic oxidation sites excluding steroid dienone is 1. The van der Waals surface area contributed by atoms with E-state index in [9.17, 15) is 0 Å². The molecule has 2 unspecified atom stereocenters. The molecule has 1 fully saturated rings. The van der Waals surface area contributed by atoms with E-state index < -0.39 is 21.1 Å². The Labute approximate surface area is 247 Å². The number of hydrogen-bond acceptors (Lipinski definition) is 2. The van der Waals surface area contributed by atoms with Gasteiger partial charge in [-0.25, -0.2) is 4.67 Å². The Morgan fingerprint density at radius 3 is 1.54 bits per heavy atom. The van der Waals surface area contributed by atoms with Crippen LogP contribution in [0.2, 0.25) is 19.6 Å². The molecule has 1 aliphatic heterocycles. The Morgan fingerprint density at radius 1 is 0.780 bits per heavy atom. The van der Waals surface area contributed by atoms with E-state index in [1.165, 1.54) is 0 Å². The molecule has 0 aliphatic carbocycles. The van der Waals surface area contributed by atoms with Gasteiger partial charge < -0.3 is 4.52 Å². The third-order valence-electron chi connectivity index (χ3n) is 8.54. The lowest BCUT2D eigenvalue weighted by molar-refractivity contribution is 0.177. The van der Waals surface area contributed by atoms with E-state index in [-0.39, 0.29) is 23.3 Å². The Bertz CT molecular complexity index is 1390. The molecule has 0 saturated carbocycles. The first-order chi connectivity index (χ1) is 19.7. The second-order valence-corrected chi connectivity index (χ2v) is 20.5. The maximum Gasteiger partial charge on any atom is 0.275 e. The largest absolute Gasteiger partial charge is 0.307 e. The summed E-state index contributed by atoms with van der Waals surface area (Å²) in [4.78, 5) is 0. The van der Waals surface area contributed by atoms with Crippen molar-refractivity contribution in [1.29, 1.82) is 0 Å². The summed E-state index contributed by atoms with van der Waals surface area (Å²) in [5.74, 6) is 0.0109. The minimum absolute atomic E-state index is 0.0109. The van der Waals surface area contributed by atoms with Gasteiger partial charge in [0.05, 0.1) is 8.07 Å². The summed E-state index contributed by atoms with van der Waals surface area (Å²) in [6, 6.07) is 41.8. The molecule has 0 spiro atoms. The molecule has 1 aliphatic rings. The number of hydrogen-bond donors (Lipinski definition) is 0. The first-order valence-electron chi connectivity index (χ1n) is 14.6. The van der Waals surface area contributed by atoms with E-state index in [2.05, 4.69) is 130 Å². The van der Waals surface area contributed by atoms with E-state index in [1.54, 1.807) is 0 Å². The van der Waals surface area contributed by atoms with Crippen LogP contribution in [0.15, 0.2) is 134 Å². The highest BCUT2D eigenvalue weighted by atomic mass is 31.2. The van der Waals surface area contributed by atoms with Crippen molar-refractivity contribution in [2.45, 2.75) is 56.5 Å². The lowest BCUT2D eigenvalue weighted by atomic mass is 9.76. The van der Waals surface area contributed by atoms with Gasteiger partial charge in [0.15, 0.2) is 0 Å². The molecule has 0 amide bonds. The van der Waals surface area contributed by atoms with E-state index in [0.717, 1.165) is 22.3 Å². The topological polar surface area (TPSA) is 29.5 Å². The van der Waals surface area contributed by atoms with Crippen LogP contribution in [0.25, 0.3) is 0 Å². The molecule has 212 valence electrons. The van der Waals surface area contributed by atoms with Crippen LogP contribution in [-0.4, -0.2) is 24.1 Å². The summed E-state index contributed by atoms with van der Waals surface area (Å²) in [7, 11) is -5.65. The Kier molecular flexibility index (Phi) is 8.41. The van der Waals surface area contributed by atoms with E-state index >= 15 is 4.57 Å². The highest BCUT2D eigenvalue weighted by Gasteiger charge is 2.64. The average molecular weight is 580 g/mol. The molecule has 1 heterocycles. The molecule has 3 nitrogen and oxygen atoms in total. The van der Waals surface area contributed by atoms with Gasteiger partial charge in [0.2, 0.25) is 0 Å².